The number of methoxy groups -OCH3 is 1. The van der Waals surface area contributed by atoms with E-state index in [1.54, 1.807) is 7.11 Å². The molecule has 1 saturated heterocycles. The fourth-order valence-electron chi connectivity index (χ4n) is 2.81. The van der Waals surface area contributed by atoms with Gasteiger partial charge in [0.15, 0.2) is 11.5 Å². The molecule has 0 amide bonds. The largest absolute Gasteiger partial charge is 0.503 e. The third-order valence-electron chi connectivity index (χ3n) is 3.91. The molecular weight excluding hydrogens is 400 g/mol. The Labute approximate surface area is 143 Å². The number of nitrogens with zero attached hydrogens (tertiary/aromatic N) is 1. The number of ether oxygens (including phenoxy) is 1. The first-order chi connectivity index (χ1) is 10.1. The Morgan fingerprint density at radius 1 is 1.33 bits per heavy atom. The molecule has 1 aromatic rings. The highest BCUT2D eigenvalue weighted by Gasteiger charge is 2.26. The second kappa shape index (κ2) is 7.81. The van der Waals surface area contributed by atoms with Gasteiger partial charge < -0.3 is 15.2 Å². The highest BCUT2D eigenvalue weighted by molar-refractivity contribution is 9.13. The Morgan fingerprint density at radius 2 is 2.00 bits per heavy atom. The summed E-state index contributed by atoms with van der Waals surface area (Å²) >= 11 is 7.08. The highest BCUT2D eigenvalue weighted by atomic mass is 79.9. The quantitative estimate of drug-likeness (QED) is 0.761. The van der Waals surface area contributed by atoms with Gasteiger partial charge in [-0.1, -0.05) is 13.3 Å². The van der Waals surface area contributed by atoms with Crippen molar-refractivity contribution in [1.82, 2.24) is 10.2 Å². The Kier molecular flexibility index (Phi) is 6.34. The molecule has 1 atom stereocenters. The summed E-state index contributed by atoms with van der Waals surface area (Å²) in [4.78, 5) is 2.50. The van der Waals surface area contributed by atoms with Crippen LogP contribution in [0.4, 0.5) is 0 Å². The molecule has 1 aliphatic rings. The van der Waals surface area contributed by atoms with Crippen molar-refractivity contribution < 1.29 is 9.84 Å². The molecule has 0 aromatic heterocycles. The maximum atomic E-state index is 10.1. The molecule has 2 N–H and O–H groups in total. The second-order valence-electron chi connectivity index (χ2n) is 5.24. The van der Waals surface area contributed by atoms with E-state index < -0.39 is 0 Å². The number of hydrogen-bond acceptors (Lipinski definition) is 4. The van der Waals surface area contributed by atoms with Crippen molar-refractivity contribution in [3.63, 3.8) is 0 Å². The summed E-state index contributed by atoms with van der Waals surface area (Å²) in [6, 6.07) is 2.28. The number of nitrogens with one attached hydrogen (secondary N) is 1. The van der Waals surface area contributed by atoms with E-state index in [0.717, 1.165) is 43.5 Å². The smallest absolute Gasteiger partial charge is 0.173 e. The summed E-state index contributed by atoms with van der Waals surface area (Å²) in [7, 11) is 1.58. The van der Waals surface area contributed by atoms with Gasteiger partial charge in [-0.05, 0) is 49.9 Å². The number of benzene rings is 1. The molecule has 6 heteroatoms. The van der Waals surface area contributed by atoms with E-state index in [-0.39, 0.29) is 5.75 Å². The van der Waals surface area contributed by atoms with Crippen molar-refractivity contribution in [1.29, 1.82) is 0 Å². The summed E-state index contributed by atoms with van der Waals surface area (Å²) in [6.07, 6.45) is 2.20. The predicted octanol–water partition coefficient (Wildman–Crippen LogP) is 3.67. The van der Waals surface area contributed by atoms with Gasteiger partial charge in [0.1, 0.15) is 0 Å². The van der Waals surface area contributed by atoms with E-state index in [0.29, 0.717) is 16.3 Å². The lowest BCUT2D eigenvalue weighted by molar-refractivity contribution is 0.163. The van der Waals surface area contributed by atoms with Crippen LogP contribution in [0.15, 0.2) is 15.0 Å². The number of halogens is 2. The van der Waals surface area contributed by atoms with Crippen LogP contribution in [0.25, 0.3) is 0 Å². The number of hydrogen-bond donors (Lipinski definition) is 2. The molecule has 4 nitrogen and oxygen atoms in total. The lowest BCUT2D eigenvalue weighted by Gasteiger charge is -2.36. The Morgan fingerprint density at radius 3 is 2.57 bits per heavy atom. The minimum Gasteiger partial charge on any atom is -0.503 e. The van der Waals surface area contributed by atoms with Gasteiger partial charge in [-0.3, -0.25) is 4.90 Å². The molecule has 21 heavy (non-hydrogen) atoms. The molecule has 0 bridgehead atoms. The Bertz CT molecular complexity index is 491. The van der Waals surface area contributed by atoms with E-state index >= 15 is 0 Å². The fourth-order valence-corrected chi connectivity index (χ4v) is 3.80. The first kappa shape index (κ1) is 17.1. The summed E-state index contributed by atoms with van der Waals surface area (Å²) < 4.78 is 6.88. The van der Waals surface area contributed by atoms with Crippen molar-refractivity contribution >= 4 is 31.9 Å². The first-order valence-corrected chi connectivity index (χ1v) is 8.88. The highest BCUT2D eigenvalue weighted by Crippen LogP contribution is 2.45. The average Bonchev–Trinajstić information content (AvgIpc) is 2.52. The van der Waals surface area contributed by atoms with Gasteiger partial charge in [0, 0.05) is 36.7 Å². The summed E-state index contributed by atoms with van der Waals surface area (Å²) in [5.74, 6) is 0.653. The van der Waals surface area contributed by atoms with Crippen LogP contribution < -0.4 is 10.1 Å². The van der Waals surface area contributed by atoms with Gasteiger partial charge in [-0.15, -0.1) is 0 Å². The normalized spacial score (nSPS) is 17.7. The zero-order valence-corrected chi connectivity index (χ0v) is 15.6. The van der Waals surface area contributed by atoms with Crippen molar-refractivity contribution in [3.8, 4) is 11.5 Å². The molecular formula is C15H22Br2N2O2. The lowest BCUT2D eigenvalue weighted by Crippen LogP contribution is -2.45. The molecule has 0 saturated carbocycles. The molecule has 0 spiro atoms. The summed E-state index contributed by atoms with van der Waals surface area (Å²) in [6.45, 7) is 6.33. The third-order valence-corrected chi connectivity index (χ3v) is 6.07. The molecule has 0 radical (unpaired) electrons. The third kappa shape index (κ3) is 3.73. The van der Waals surface area contributed by atoms with E-state index in [2.05, 4.69) is 49.0 Å². The van der Waals surface area contributed by atoms with Crippen LogP contribution >= 0.6 is 31.9 Å². The van der Waals surface area contributed by atoms with Gasteiger partial charge in [-0.25, -0.2) is 0 Å². The standard InChI is InChI=1S/C15H22Br2N2O2/c1-3-4-11(19-7-5-18-6-8-19)10-9-12(21-2)15(20)14(17)13(10)16/h9,11,18,20H,3-8H2,1-2H3/t11-/m0/s1. The fraction of sp³-hybridized carbons (Fsp3) is 0.600. The molecule has 0 aliphatic carbocycles. The molecule has 2 rings (SSSR count). The van der Waals surface area contributed by atoms with Gasteiger partial charge in [0.05, 0.1) is 11.6 Å². The zero-order chi connectivity index (χ0) is 15.4. The topological polar surface area (TPSA) is 44.7 Å². The van der Waals surface area contributed by atoms with Gasteiger partial charge >= 0.3 is 0 Å². The van der Waals surface area contributed by atoms with Crippen LogP contribution in [0.2, 0.25) is 0 Å². The maximum absolute atomic E-state index is 10.1. The van der Waals surface area contributed by atoms with Crippen LogP contribution in [0.3, 0.4) is 0 Å². The van der Waals surface area contributed by atoms with Crippen molar-refractivity contribution in [3.05, 3.63) is 20.6 Å². The van der Waals surface area contributed by atoms with Crippen molar-refractivity contribution in [2.24, 2.45) is 0 Å². The summed E-state index contributed by atoms with van der Waals surface area (Å²) in [5.41, 5.74) is 1.17. The lowest BCUT2D eigenvalue weighted by atomic mass is 9.99. The van der Waals surface area contributed by atoms with Crippen LogP contribution in [0.1, 0.15) is 31.4 Å². The Hall–Kier alpha value is -0.300. The average molecular weight is 422 g/mol. The summed E-state index contributed by atoms with van der Waals surface area (Å²) in [5, 5.41) is 13.5. The van der Waals surface area contributed by atoms with E-state index in [1.807, 2.05) is 6.07 Å². The minimum atomic E-state index is 0.142. The van der Waals surface area contributed by atoms with Crippen LogP contribution in [-0.4, -0.2) is 43.3 Å². The molecule has 1 heterocycles. The van der Waals surface area contributed by atoms with Crippen LogP contribution in [0, 0.1) is 0 Å². The SMILES string of the molecule is CCC[C@@H](c1cc(OC)c(O)c(Br)c1Br)N1CCNCC1. The molecule has 1 aliphatic heterocycles. The van der Waals surface area contributed by atoms with Crippen LogP contribution in [0.5, 0.6) is 11.5 Å². The molecule has 1 aromatic carbocycles. The number of rotatable bonds is 5. The van der Waals surface area contributed by atoms with Gasteiger partial charge in [-0.2, -0.15) is 0 Å². The van der Waals surface area contributed by atoms with Crippen molar-refractivity contribution in [2.75, 3.05) is 33.3 Å². The monoisotopic (exact) mass is 420 g/mol. The maximum Gasteiger partial charge on any atom is 0.173 e. The van der Waals surface area contributed by atoms with Crippen LogP contribution in [-0.2, 0) is 0 Å². The number of piperazine rings is 1. The second-order valence-corrected chi connectivity index (χ2v) is 6.82. The number of phenolic OH excluding ortho intramolecular Hbond substituents is 1. The van der Waals surface area contributed by atoms with Crippen molar-refractivity contribution in [2.45, 2.75) is 25.8 Å². The molecule has 118 valence electrons. The first-order valence-electron chi connectivity index (χ1n) is 7.29. The van der Waals surface area contributed by atoms with E-state index in [9.17, 15) is 5.11 Å². The zero-order valence-electron chi connectivity index (χ0n) is 12.5. The number of aromatic hydroxyl groups is 1. The predicted molar refractivity (Wildman–Crippen MR) is 92.2 cm³/mol. The minimum absolute atomic E-state index is 0.142. The number of phenols is 1. The van der Waals surface area contributed by atoms with Gasteiger partial charge in [0.2, 0.25) is 0 Å². The molecule has 0 unspecified atom stereocenters. The van der Waals surface area contributed by atoms with E-state index in [4.69, 9.17) is 4.74 Å². The van der Waals surface area contributed by atoms with E-state index in [1.165, 1.54) is 5.56 Å². The van der Waals surface area contributed by atoms with Gasteiger partial charge in [0.25, 0.3) is 0 Å². The Balaban J connectivity index is 2.41. The molecule has 1 fully saturated rings.